The number of benzene rings is 1. The molecule has 88 valence electrons. The highest BCUT2D eigenvalue weighted by Crippen LogP contribution is 2.11. The van der Waals surface area contributed by atoms with Crippen molar-refractivity contribution >= 4 is 17.4 Å². The Hall–Kier alpha value is -0.860. The second-order valence-corrected chi connectivity index (χ2v) is 4.45. The molecule has 0 aliphatic rings. The van der Waals surface area contributed by atoms with Crippen LogP contribution in [0.2, 0.25) is 5.02 Å². The lowest BCUT2D eigenvalue weighted by Crippen LogP contribution is -2.10. The van der Waals surface area contributed by atoms with Gasteiger partial charge in [0.05, 0.1) is 12.7 Å². The summed E-state index contributed by atoms with van der Waals surface area (Å²) in [6, 6.07) is 7.39. The average molecular weight is 241 g/mol. The maximum Gasteiger partial charge on any atom is 0.139 e. The largest absolute Gasteiger partial charge is 0.378 e. The zero-order chi connectivity index (χ0) is 12.0. The third-order valence-electron chi connectivity index (χ3n) is 2.12. The van der Waals surface area contributed by atoms with Gasteiger partial charge >= 0.3 is 0 Å². The van der Waals surface area contributed by atoms with Crippen LogP contribution >= 0.6 is 11.6 Å². The van der Waals surface area contributed by atoms with Crippen molar-refractivity contribution in [2.75, 3.05) is 6.61 Å². The maximum absolute atomic E-state index is 11.6. The highest BCUT2D eigenvalue weighted by molar-refractivity contribution is 6.30. The van der Waals surface area contributed by atoms with E-state index in [2.05, 4.69) is 0 Å². The van der Waals surface area contributed by atoms with Crippen LogP contribution in [0.25, 0.3) is 0 Å². The third-order valence-corrected chi connectivity index (χ3v) is 2.36. The van der Waals surface area contributed by atoms with Crippen molar-refractivity contribution in [3.63, 3.8) is 0 Å². The molecule has 0 spiro atoms. The number of ether oxygens (including phenoxy) is 1. The van der Waals surface area contributed by atoms with Crippen molar-refractivity contribution in [1.29, 1.82) is 0 Å². The van der Waals surface area contributed by atoms with Gasteiger partial charge in [-0.05, 0) is 31.5 Å². The predicted molar refractivity (Wildman–Crippen MR) is 65.9 cm³/mol. The molecule has 0 aliphatic carbocycles. The van der Waals surface area contributed by atoms with E-state index in [1.807, 2.05) is 32.0 Å². The maximum atomic E-state index is 11.6. The first-order valence-electron chi connectivity index (χ1n) is 5.45. The van der Waals surface area contributed by atoms with Gasteiger partial charge in [0, 0.05) is 17.9 Å². The predicted octanol–water partition coefficient (Wildman–Crippen LogP) is 3.27. The number of ketones is 1. The van der Waals surface area contributed by atoms with Crippen LogP contribution in [0.5, 0.6) is 0 Å². The second-order valence-electron chi connectivity index (χ2n) is 4.01. The lowest BCUT2D eigenvalue weighted by Gasteiger charge is -2.06. The Kier molecular flexibility index (Phi) is 5.50. The van der Waals surface area contributed by atoms with Gasteiger partial charge in [0.15, 0.2) is 0 Å². The number of hydrogen-bond donors (Lipinski definition) is 0. The zero-order valence-electron chi connectivity index (χ0n) is 9.70. The Labute approximate surface area is 102 Å². The minimum Gasteiger partial charge on any atom is -0.378 e. The molecule has 0 aromatic heterocycles. The number of carbonyl (C=O) groups excluding carboxylic acids is 1. The molecule has 0 radical (unpaired) electrons. The molecule has 2 nitrogen and oxygen atoms in total. The van der Waals surface area contributed by atoms with Gasteiger partial charge in [0.2, 0.25) is 0 Å². The van der Waals surface area contributed by atoms with Crippen molar-refractivity contribution in [2.45, 2.75) is 32.8 Å². The minimum atomic E-state index is 0.180. The van der Waals surface area contributed by atoms with Crippen molar-refractivity contribution in [2.24, 2.45) is 0 Å². The summed E-state index contributed by atoms with van der Waals surface area (Å²) < 4.78 is 5.33. The third kappa shape index (κ3) is 5.29. The van der Waals surface area contributed by atoms with Crippen LogP contribution in [-0.2, 0) is 16.0 Å². The van der Waals surface area contributed by atoms with Gasteiger partial charge in [-0.15, -0.1) is 0 Å². The van der Waals surface area contributed by atoms with Crippen molar-refractivity contribution in [1.82, 2.24) is 0 Å². The molecule has 0 atom stereocenters. The van der Waals surface area contributed by atoms with Crippen molar-refractivity contribution < 1.29 is 9.53 Å². The van der Waals surface area contributed by atoms with E-state index < -0.39 is 0 Å². The smallest absolute Gasteiger partial charge is 0.139 e. The summed E-state index contributed by atoms with van der Waals surface area (Å²) in [7, 11) is 0. The molecule has 3 heteroatoms. The molecule has 0 saturated heterocycles. The van der Waals surface area contributed by atoms with Crippen LogP contribution in [0, 0.1) is 0 Å². The van der Waals surface area contributed by atoms with Crippen LogP contribution in [0.4, 0.5) is 0 Å². The van der Waals surface area contributed by atoms with E-state index in [0.29, 0.717) is 24.5 Å². The highest BCUT2D eigenvalue weighted by atomic mass is 35.5. The van der Waals surface area contributed by atoms with Crippen LogP contribution in [0.3, 0.4) is 0 Å². The molecule has 0 heterocycles. The molecule has 1 aromatic rings. The topological polar surface area (TPSA) is 26.3 Å². The minimum absolute atomic E-state index is 0.180. The van der Waals surface area contributed by atoms with E-state index >= 15 is 0 Å². The highest BCUT2D eigenvalue weighted by Gasteiger charge is 2.04. The fourth-order valence-electron chi connectivity index (χ4n) is 1.37. The Balaban J connectivity index is 2.34. The SMILES string of the molecule is CC(C)OCCC(=O)Cc1cccc(Cl)c1. The quantitative estimate of drug-likeness (QED) is 0.763. The Morgan fingerprint density at radius 2 is 2.19 bits per heavy atom. The van der Waals surface area contributed by atoms with E-state index in [9.17, 15) is 4.79 Å². The molecule has 0 unspecified atom stereocenters. The fourth-order valence-corrected chi connectivity index (χ4v) is 1.58. The first-order valence-corrected chi connectivity index (χ1v) is 5.83. The number of hydrogen-bond acceptors (Lipinski definition) is 2. The van der Waals surface area contributed by atoms with E-state index in [1.165, 1.54) is 0 Å². The van der Waals surface area contributed by atoms with Gasteiger partial charge in [0.25, 0.3) is 0 Å². The molecule has 0 fully saturated rings. The first-order chi connectivity index (χ1) is 7.58. The molecular weight excluding hydrogens is 224 g/mol. The summed E-state index contributed by atoms with van der Waals surface area (Å²) in [6.07, 6.45) is 1.08. The van der Waals surface area contributed by atoms with Crippen LogP contribution in [-0.4, -0.2) is 18.5 Å². The van der Waals surface area contributed by atoms with Gasteiger partial charge in [-0.1, -0.05) is 23.7 Å². The zero-order valence-corrected chi connectivity index (χ0v) is 10.5. The second kappa shape index (κ2) is 6.66. The van der Waals surface area contributed by atoms with Crippen LogP contribution < -0.4 is 0 Å². The number of rotatable bonds is 6. The van der Waals surface area contributed by atoms with Crippen molar-refractivity contribution in [3.05, 3.63) is 34.9 Å². The number of carbonyl (C=O) groups is 1. The molecular formula is C13H17ClO2. The summed E-state index contributed by atoms with van der Waals surface area (Å²) >= 11 is 5.84. The average Bonchev–Trinajstić information content (AvgIpc) is 2.16. The molecule has 0 saturated carbocycles. The fraction of sp³-hybridized carbons (Fsp3) is 0.462. The molecule has 1 aromatic carbocycles. The monoisotopic (exact) mass is 240 g/mol. The summed E-state index contributed by atoms with van der Waals surface area (Å²) in [5.74, 6) is 0.183. The standard InChI is InChI=1S/C13H17ClO2/c1-10(2)16-7-6-13(15)9-11-4-3-5-12(14)8-11/h3-5,8,10H,6-7,9H2,1-2H3. The van der Waals surface area contributed by atoms with Gasteiger partial charge in [-0.25, -0.2) is 0 Å². The summed E-state index contributed by atoms with van der Waals surface area (Å²) in [6.45, 7) is 4.42. The van der Waals surface area contributed by atoms with Gasteiger partial charge in [0.1, 0.15) is 5.78 Å². The molecule has 1 rings (SSSR count). The van der Waals surface area contributed by atoms with E-state index in [-0.39, 0.29) is 11.9 Å². The van der Waals surface area contributed by atoms with Gasteiger partial charge in [-0.2, -0.15) is 0 Å². The van der Waals surface area contributed by atoms with Crippen molar-refractivity contribution in [3.8, 4) is 0 Å². The lowest BCUT2D eigenvalue weighted by atomic mass is 10.1. The van der Waals surface area contributed by atoms with E-state index in [1.54, 1.807) is 6.07 Å². The van der Waals surface area contributed by atoms with E-state index in [4.69, 9.17) is 16.3 Å². The Bertz CT molecular complexity index is 348. The molecule has 0 aliphatic heterocycles. The first kappa shape index (κ1) is 13.2. The molecule has 16 heavy (non-hydrogen) atoms. The van der Waals surface area contributed by atoms with Crippen LogP contribution in [0.15, 0.2) is 24.3 Å². The van der Waals surface area contributed by atoms with Gasteiger partial charge in [-0.3, -0.25) is 4.79 Å². The molecule has 0 amide bonds. The summed E-state index contributed by atoms with van der Waals surface area (Å²) in [5.41, 5.74) is 0.960. The number of halogens is 1. The summed E-state index contributed by atoms with van der Waals surface area (Å²) in [4.78, 5) is 11.6. The summed E-state index contributed by atoms with van der Waals surface area (Å²) in [5, 5.41) is 0.670. The Morgan fingerprint density at radius 3 is 2.81 bits per heavy atom. The normalized spacial score (nSPS) is 10.8. The lowest BCUT2D eigenvalue weighted by molar-refractivity contribution is -0.119. The molecule has 0 bridgehead atoms. The van der Waals surface area contributed by atoms with E-state index in [0.717, 1.165) is 5.56 Å². The van der Waals surface area contributed by atoms with Gasteiger partial charge < -0.3 is 4.74 Å². The van der Waals surface area contributed by atoms with Crippen LogP contribution in [0.1, 0.15) is 25.8 Å². The Morgan fingerprint density at radius 1 is 1.44 bits per heavy atom. The number of Topliss-reactive ketones (excluding diaryl/α,β-unsaturated/α-hetero) is 1. The molecule has 0 N–H and O–H groups in total.